The average Bonchev–Trinajstić information content (AvgIpc) is 3.05. The number of hydrogen-bond acceptors (Lipinski definition) is 5. The lowest BCUT2D eigenvalue weighted by molar-refractivity contribution is 0.661. The second-order valence-electron chi connectivity index (χ2n) is 4.21. The summed E-state index contributed by atoms with van der Waals surface area (Å²) in [7, 11) is 0. The van der Waals surface area contributed by atoms with Crippen molar-refractivity contribution in [3.63, 3.8) is 0 Å². The van der Waals surface area contributed by atoms with E-state index in [4.69, 9.17) is 0 Å². The van der Waals surface area contributed by atoms with Gasteiger partial charge in [0, 0.05) is 0 Å². The summed E-state index contributed by atoms with van der Waals surface area (Å²) in [6, 6.07) is 4.01. The first-order chi connectivity index (χ1) is 9.33. The molecule has 0 aromatic carbocycles. The average molecular weight is 291 g/mol. The third-order valence-corrected chi connectivity index (χ3v) is 4.46. The van der Waals surface area contributed by atoms with E-state index in [1.807, 2.05) is 11.4 Å². The van der Waals surface area contributed by atoms with Gasteiger partial charge in [-0.2, -0.15) is 11.3 Å². The molecule has 3 rings (SSSR count). The molecule has 0 aliphatic carbocycles. The molecule has 0 radical (unpaired) electrons. The molecule has 3 aromatic rings. The maximum absolute atomic E-state index is 11.8. The SMILES string of the molecule is O=c1[nH]c(CNCCc2ccsc2)nc2ccsc12. The van der Waals surface area contributed by atoms with E-state index in [1.54, 1.807) is 11.3 Å². The van der Waals surface area contributed by atoms with Crippen molar-refractivity contribution in [1.29, 1.82) is 0 Å². The second-order valence-corrected chi connectivity index (χ2v) is 5.90. The van der Waals surface area contributed by atoms with Crippen molar-refractivity contribution in [2.24, 2.45) is 0 Å². The van der Waals surface area contributed by atoms with Gasteiger partial charge in [-0.3, -0.25) is 4.79 Å². The Morgan fingerprint density at radius 3 is 3.11 bits per heavy atom. The van der Waals surface area contributed by atoms with Crippen molar-refractivity contribution < 1.29 is 0 Å². The predicted molar refractivity (Wildman–Crippen MR) is 80.0 cm³/mol. The Balaban J connectivity index is 1.60. The van der Waals surface area contributed by atoms with Crippen LogP contribution < -0.4 is 10.9 Å². The minimum Gasteiger partial charge on any atom is -0.310 e. The molecule has 6 heteroatoms. The van der Waals surface area contributed by atoms with E-state index in [0.717, 1.165) is 18.5 Å². The van der Waals surface area contributed by atoms with Gasteiger partial charge >= 0.3 is 0 Å². The highest BCUT2D eigenvalue weighted by atomic mass is 32.1. The number of rotatable bonds is 5. The molecule has 2 N–H and O–H groups in total. The van der Waals surface area contributed by atoms with E-state index in [-0.39, 0.29) is 5.56 Å². The lowest BCUT2D eigenvalue weighted by Crippen LogP contribution is -2.20. The van der Waals surface area contributed by atoms with E-state index >= 15 is 0 Å². The van der Waals surface area contributed by atoms with Gasteiger partial charge in [0.25, 0.3) is 5.56 Å². The monoisotopic (exact) mass is 291 g/mol. The minimum absolute atomic E-state index is 0.0466. The lowest BCUT2D eigenvalue weighted by Gasteiger charge is -2.03. The van der Waals surface area contributed by atoms with E-state index in [2.05, 4.69) is 32.1 Å². The van der Waals surface area contributed by atoms with Gasteiger partial charge in [-0.1, -0.05) is 0 Å². The van der Waals surface area contributed by atoms with Gasteiger partial charge < -0.3 is 10.3 Å². The van der Waals surface area contributed by atoms with Crippen LogP contribution in [0.2, 0.25) is 0 Å². The summed E-state index contributed by atoms with van der Waals surface area (Å²) in [5.41, 5.74) is 2.07. The highest BCUT2D eigenvalue weighted by Gasteiger charge is 2.04. The summed E-state index contributed by atoms with van der Waals surface area (Å²) in [4.78, 5) is 19.0. The molecule has 0 saturated carbocycles. The standard InChI is InChI=1S/C13H13N3OS2/c17-13-12-10(3-6-19-12)15-11(16-13)7-14-4-1-9-2-5-18-8-9/h2-3,5-6,8,14H,1,4,7H2,(H,15,16,17). The molecule has 0 fully saturated rings. The fourth-order valence-corrected chi connectivity index (χ4v) is 3.31. The van der Waals surface area contributed by atoms with Crippen LogP contribution in [0.25, 0.3) is 10.2 Å². The first-order valence-electron chi connectivity index (χ1n) is 6.01. The Morgan fingerprint density at radius 2 is 2.26 bits per heavy atom. The van der Waals surface area contributed by atoms with Crippen molar-refractivity contribution in [2.75, 3.05) is 6.54 Å². The topological polar surface area (TPSA) is 57.8 Å². The molecule has 0 aliphatic heterocycles. The molecular formula is C13H13N3OS2. The summed E-state index contributed by atoms with van der Waals surface area (Å²) in [5, 5.41) is 9.42. The molecule has 3 heterocycles. The number of hydrogen-bond donors (Lipinski definition) is 2. The normalized spacial score (nSPS) is 11.2. The smallest absolute Gasteiger partial charge is 0.268 e. The fourth-order valence-electron chi connectivity index (χ4n) is 1.88. The lowest BCUT2D eigenvalue weighted by atomic mass is 10.2. The van der Waals surface area contributed by atoms with Gasteiger partial charge in [-0.15, -0.1) is 11.3 Å². The third kappa shape index (κ3) is 2.91. The molecular weight excluding hydrogens is 278 g/mol. The third-order valence-electron chi connectivity index (χ3n) is 2.83. The number of thiophene rings is 2. The van der Waals surface area contributed by atoms with Crippen LogP contribution in [0.15, 0.2) is 33.1 Å². The number of fused-ring (bicyclic) bond motifs is 1. The molecule has 0 atom stereocenters. The summed E-state index contributed by atoms with van der Waals surface area (Å²) < 4.78 is 0.696. The molecule has 0 spiro atoms. The quantitative estimate of drug-likeness (QED) is 0.710. The Morgan fingerprint density at radius 1 is 1.32 bits per heavy atom. The van der Waals surface area contributed by atoms with E-state index in [9.17, 15) is 4.79 Å². The molecule has 0 amide bonds. The van der Waals surface area contributed by atoms with E-state index in [0.29, 0.717) is 17.1 Å². The Bertz CT molecular complexity index is 715. The van der Waals surface area contributed by atoms with Gasteiger partial charge in [-0.25, -0.2) is 4.98 Å². The Hall–Kier alpha value is -1.50. The van der Waals surface area contributed by atoms with Gasteiger partial charge in [0.1, 0.15) is 10.5 Å². The fraction of sp³-hybridized carbons (Fsp3) is 0.231. The van der Waals surface area contributed by atoms with Gasteiger partial charge in [0.15, 0.2) is 0 Å². The van der Waals surface area contributed by atoms with Crippen LogP contribution in [0.4, 0.5) is 0 Å². The zero-order chi connectivity index (χ0) is 13.1. The van der Waals surface area contributed by atoms with Crippen LogP contribution in [0.3, 0.4) is 0 Å². The predicted octanol–water partition coefficient (Wildman–Crippen LogP) is 2.38. The van der Waals surface area contributed by atoms with E-state index < -0.39 is 0 Å². The summed E-state index contributed by atoms with van der Waals surface area (Å²) in [6.07, 6.45) is 0.994. The zero-order valence-corrected chi connectivity index (χ0v) is 11.8. The van der Waals surface area contributed by atoms with Gasteiger partial charge in [0.2, 0.25) is 0 Å². The largest absolute Gasteiger partial charge is 0.310 e. The van der Waals surface area contributed by atoms with Crippen LogP contribution in [0, 0.1) is 0 Å². The number of nitrogens with one attached hydrogen (secondary N) is 2. The van der Waals surface area contributed by atoms with Crippen molar-refractivity contribution in [3.05, 3.63) is 50.0 Å². The van der Waals surface area contributed by atoms with Crippen molar-refractivity contribution in [3.8, 4) is 0 Å². The molecule has 0 bridgehead atoms. The Labute approximate surface area is 118 Å². The summed E-state index contributed by atoms with van der Waals surface area (Å²) in [5.74, 6) is 0.696. The summed E-state index contributed by atoms with van der Waals surface area (Å²) in [6.45, 7) is 1.47. The number of H-pyrrole nitrogens is 1. The first kappa shape index (κ1) is 12.5. The van der Waals surface area contributed by atoms with Crippen molar-refractivity contribution in [2.45, 2.75) is 13.0 Å². The van der Waals surface area contributed by atoms with E-state index in [1.165, 1.54) is 16.9 Å². The second kappa shape index (κ2) is 5.64. The maximum atomic E-state index is 11.8. The van der Waals surface area contributed by atoms with Crippen molar-refractivity contribution >= 4 is 32.9 Å². The zero-order valence-electron chi connectivity index (χ0n) is 10.2. The molecule has 3 aromatic heterocycles. The first-order valence-corrected chi connectivity index (χ1v) is 7.83. The molecule has 4 nitrogen and oxygen atoms in total. The van der Waals surface area contributed by atoms with Crippen LogP contribution in [0.5, 0.6) is 0 Å². The van der Waals surface area contributed by atoms with Crippen LogP contribution in [0.1, 0.15) is 11.4 Å². The van der Waals surface area contributed by atoms with Gasteiger partial charge in [0.05, 0.1) is 12.1 Å². The molecule has 0 unspecified atom stereocenters. The van der Waals surface area contributed by atoms with Crippen LogP contribution in [-0.4, -0.2) is 16.5 Å². The molecule has 19 heavy (non-hydrogen) atoms. The highest BCUT2D eigenvalue weighted by molar-refractivity contribution is 7.17. The Kier molecular flexibility index (Phi) is 3.72. The summed E-state index contributed by atoms with van der Waals surface area (Å²) >= 11 is 3.14. The number of aromatic amines is 1. The molecule has 0 aliphatic rings. The minimum atomic E-state index is -0.0466. The molecule has 0 saturated heterocycles. The van der Waals surface area contributed by atoms with Crippen molar-refractivity contribution in [1.82, 2.24) is 15.3 Å². The molecule has 98 valence electrons. The number of nitrogens with zero attached hydrogens (tertiary/aromatic N) is 1. The maximum Gasteiger partial charge on any atom is 0.268 e. The highest BCUT2D eigenvalue weighted by Crippen LogP contribution is 2.13. The van der Waals surface area contributed by atoms with Crippen LogP contribution >= 0.6 is 22.7 Å². The number of aromatic nitrogens is 2. The van der Waals surface area contributed by atoms with Crippen LogP contribution in [-0.2, 0) is 13.0 Å². The van der Waals surface area contributed by atoms with Gasteiger partial charge in [-0.05, 0) is 46.8 Å².